The van der Waals surface area contributed by atoms with E-state index in [1.54, 1.807) is 24.3 Å². The van der Waals surface area contributed by atoms with Crippen LogP contribution in [-0.4, -0.2) is 18.2 Å². The monoisotopic (exact) mass is 290 g/mol. The fraction of sp³-hybridized carbons (Fsp3) is 0.375. The second kappa shape index (κ2) is 5.99. The van der Waals surface area contributed by atoms with Gasteiger partial charge in [-0.3, -0.25) is 4.79 Å². The van der Waals surface area contributed by atoms with Gasteiger partial charge in [-0.15, -0.1) is 0 Å². The summed E-state index contributed by atoms with van der Waals surface area (Å²) in [5, 5.41) is 10.9. The maximum Gasteiger partial charge on any atom is 0.343 e. The number of hydrogen-bond acceptors (Lipinski definition) is 5. The van der Waals surface area contributed by atoms with Crippen molar-refractivity contribution in [3.05, 3.63) is 40.2 Å². The molecule has 1 aromatic carbocycles. The smallest absolute Gasteiger partial charge is 0.343 e. The summed E-state index contributed by atoms with van der Waals surface area (Å²) in [6.45, 7) is 3.75. The van der Waals surface area contributed by atoms with Crippen molar-refractivity contribution in [3.63, 3.8) is 0 Å². The lowest BCUT2D eigenvalue weighted by Crippen LogP contribution is -2.20. The normalized spacial score (nSPS) is 12.6. The predicted octanol–water partition coefficient (Wildman–Crippen LogP) is 2.80. The first-order valence-corrected chi connectivity index (χ1v) is 6.77. The van der Waals surface area contributed by atoms with E-state index in [2.05, 4.69) is 4.74 Å². The van der Waals surface area contributed by atoms with Crippen molar-refractivity contribution in [1.29, 1.82) is 0 Å². The number of methoxy groups -OCH3 is 1. The molecule has 5 nitrogen and oxygen atoms in total. The summed E-state index contributed by atoms with van der Waals surface area (Å²) in [6.07, 6.45) is 0.0187. The first-order chi connectivity index (χ1) is 9.95. The number of aromatic hydroxyl groups is 1. The van der Waals surface area contributed by atoms with Gasteiger partial charge in [0.1, 0.15) is 11.3 Å². The molecule has 1 aromatic heterocycles. The zero-order valence-electron chi connectivity index (χ0n) is 12.3. The Morgan fingerprint density at radius 1 is 1.33 bits per heavy atom. The van der Waals surface area contributed by atoms with Crippen LogP contribution in [-0.2, 0) is 9.53 Å². The lowest BCUT2D eigenvalue weighted by molar-refractivity contribution is -0.141. The van der Waals surface area contributed by atoms with Gasteiger partial charge in [0.25, 0.3) is 0 Å². The number of benzene rings is 1. The highest BCUT2D eigenvalue weighted by molar-refractivity contribution is 5.84. The molecule has 1 heterocycles. The summed E-state index contributed by atoms with van der Waals surface area (Å²) in [5.41, 5.74) is -0.160. The summed E-state index contributed by atoms with van der Waals surface area (Å²) >= 11 is 0. The van der Waals surface area contributed by atoms with Gasteiger partial charge in [-0.05, 0) is 18.1 Å². The third kappa shape index (κ3) is 2.91. The summed E-state index contributed by atoms with van der Waals surface area (Å²) in [6, 6.07) is 6.76. The van der Waals surface area contributed by atoms with Gasteiger partial charge in [-0.25, -0.2) is 4.79 Å². The van der Waals surface area contributed by atoms with Crippen molar-refractivity contribution in [2.45, 2.75) is 26.2 Å². The van der Waals surface area contributed by atoms with Gasteiger partial charge in [0.15, 0.2) is 0 Å². The van der Waals surface area contributed by atoms with E-state index in [0.29, 0.717) is 11.0 Å². The van der Waals surface area contributed by atoms with Crippen LogP contribution in [0.2, 0.25) is 0 Å². The van der Waals surface area contributed by atoms with E-state index in [1.807, 2.05) is 13.8 Å². The molecule has 1 atom stereocenters. The van der Waals surface area contributed by atoms with E-state index in [4.69, 9.17) is 4.42 Å². The van der Waals surface area contributed by atoms with E-state index in [1.165, 1.54) is 7.11 Å². The van der Waals surface area contributed by atoms with E-state index < -0.39 is 17.5 Å². The largest absolute Gasteiger partial charge is 0.507 e. The molecule has 2 rings (SSSR count). The van der Waals surface area contributed by atoms with Crippen LogP contribution < -0.4 is 5.63 Å². The number of carbonyl (C=O) groups excluding carboxylic acids is 1. The second-order valence-corrected chi connectivity index (χ2v) is 5.28. The first kappa shape index (κ1) is 15.1. The zero-order valence-corrected chi connectivity index (χ0v) is 12.3. The number of esters is 1. The number of para-hydroxylation sites is 1. The Labute approximate surface area is 122 Å². The summed E-state index contributed by atoms with van der Waals surface area (Å²) < 4.78 is 9.92. The van der Waals surface area contributed by atoms with Crippen LogP contribution in [0.3, 0.4) is 0 Å². The quantitative estimate of drug-likeness (QED) is 0.692. The molecule has 0 radical (unpaired) electrons. The fourth-order valence-electron chi connectivity index (χ4n) is 2.41. The first-order valence-electron chi connectivity index (χ1n) is 6.77. The van der Waals surface area contributed by atoms with E-state index in [0.717, 1.165) is 0 Å². The molecule has 21 heavy (non-hydrogen) atoms. The van der Waals surface area contributed by atoms with E-state index >= 15 is 0 Å². The minimum atomic E-state index is -0.617. The minimum absolute atomic E-state index is 0.0187. The minimum Gasteiger partial charge on any atom is -0.507 e. The van der Waals surface area contributed by atoms with Crippen LogP contribution in [0.5, 0.6) is 5.75 Å². The topological polar surface area (TPSA) is 76.7 Å². The number of carbonyl (C=O) groups is 1. The Hall–Kier alpha value is -2.30. The lowest BCUT2D eigenvalue weighted by Gasteiger charge is -2.20. The number of hydrogen-bond donors (Lipinski definition) is 1. The molecule has 1 N–H and O–H groups in total. The molecule has 0 bridgehead atoms. The SMILES string of the molecule is COC(=O)C[C@@H](c1c(O)c2ccccc2oc1=O)C(C)C. The predicted molar refractivity (Wildman–Crippen MR) is 78.4 cm³/mol. The maximum atomic E-state index is 12.2. The molecule has 0 spiro atoms. The average Bonchev–Trinajstić information content (AvgIpc) is 2.45. The van der Waals surface area contributed by atoms with Crippen molar-refractivity contribution >= 4 is 16.9 Å². The highest BCUT2D eigenvalue weighted by Crippen LogP contribution is 2.36. The van der Waals surface area contributed by atoms with Crippen LogP contribution in [0.25, 0.3) is 11.0 Å². The highest BCUT2D eigenvalue weighted by atomic mass is 16.5. The van der Waals surface area contributed by atoms with Crippen LogP contribution in [0, 0.1) is 5.92 Å². The molecule has 0 aliphatic heterocycles. The molecule has 2 aromatic rings. The standard InChI is InChI=1S/C16H18O5/c1-9(2)11(8-13(17)20-3)14-15(18)10-6-4-5-7-12(10)21-16(14)19/h4-7,9,11,18H,8H2,1-3H3/t11-/m1/s1. The molecular weight excluding hydrogens is 272 g/mol. The van der Waals surface area contributed by atoms with Crippen molar-refractivity contribution in [2.24, 2.45) is 5.92 Å². The molecule has 5 heteroatoms. The van der Waals surface area contributed by atoms with Gasteiger partial charge in [0.2, 0.25) is 0 Å². The van der Waals surface area contributed by atoms with Crippen molar-refractivity contribution in [2.75, 3.05) is 7.11 Å². The Morgan fingerprint density at radius 2 is 2.00 bits per heavy atom. The van der Waals surface area contributed by atoms with Gasteiger partial charge >= 0.3 is 11.6 Å². The Balaban J connectivity index is 2.62. The van der Waals surface area contributed by atoms with Crippen LogP contribution in [0.4, 0.5) is 0 Å². The molecule has 0 fully saturated rings. The summed E-state index contributed by atoms with van der Waals surface area (Å²) in [4.78, 5) is 23.7. The molecular formula is C16H18O5. The fourth-order valence-corrected chi connectivity index (χ4v) is 2.41. The molecule has 0 unspecified atom stereocenters. The van der Waals surface area contributed by atoms with Crippen LogP contribution >= 0.6 is 0 Å². The Kier molecular flexibility index (Phi) is 4.31. The summed E-state index contributed by atoms with van der Waals surface area (Å²) in [5.74, 6) is -1.04. The van der Waals surface area contributed by atoms with Gasteiger partial charge in [-0.1, -0.05) is 26.0 Å². The molecule has 0 saturated heterocycles. The Bertz CT molecular complexity index is 714. The summed E-state index contributed by atoms with van der Waals surface area (Å²) in [7, 11) is 1.29. The Morgan fingerprint density at radius 3 is 2.62 bits per heavy atom. The molecule has 0 saturated carbocycles. The van der Waals surface area contributed by atoms with E-state index in [-0.39, 0.29) is 23.7 Å². The molecule has 0 aliphatic rings. The van der Waals surface area contributed by atoms with Crippen LogP contribution in [0.1, 0.15) is 31.7 Å². The lowest BCUT2D eigenvalue weighted by atomic mass is 9.85. The van der Waals surface area contributed by atoms with Crippen LogP contribution in [0.15, 0.2) is 33.5 Å². The van der Waals surface area contributed by atoms with Crippen molar-refractivity contribution < 1.29 is 19.1 Å². The zero-order chi connectivity index (χ0) is 15.6. The third-order valence-electron chi connectivity index (χ3n) is 3.61. The van der Waals surface area contributed by atoms with Crippen molar-refractivity contribution in [1.82, 2.24) is 0 Å². The maximum absolute atomic E-state index is 12.2. The van der Waals surface area contributed by atoms with Gasteiger partial charge in [0.05, 0.1) is 24.5 Å². The molecule has 0 aliphatic carbocycles. The number of rotatable bonds is 4. The molecule has 0 amide bonds. The highest BCUT2D eigenvalue weighted by Gasteiger charge is 2.28. The van der Waals surface area contributed by atoms with Crippen molar-refractivity contribution in [3.8, 4) is 5.75 Å². The van der Waals surface area contributed by atoms with E-state index in [9.17, 15) is 14.7 Å². The van der Waals surface area contributed by atoms with Gasteiger partial charge in [-0.2, -0.15) is 0 Å². The average molecular weight is 290 g/mol. The number of ether oxygens (including phenoxy) is 1. The second-order valence-electron chi connectivity index (χ2n) is 5.28. The third-order valence-corrected chi connectivity index (χ3v) is 3.61. The van der Waals surface area contributed by atoms with Gasteiger partial charge < -0.3 is 14.3 Å². The molecule has 112 valence electrons. The van der Waals surface area contributed by atoms with Gasteiger partial charge in [0, 0.05) is 5.92 Å². The number of fused-ring (bicyclic) bond motifs is 1.